The Balaban J connectivity index is 2.03. The maximum Gasteiger partial charge on any atom is 0.192 e. The Morgan fingerprint density at radius 3 is 2.82 bits per heavy atom. The zero-order valence-corrected chi connectivity index (χ0v) is 9.94. The highest BCUT2D eigenvalue weighted by atomic mass is 16.5. The van der Waals surface area contributed by atoms with Crippen molar-refractivity contribution in [1.29, 1.82) is 0 Å². The SMILES string of the molecule is CCOc1ccc(C(=O)C2CNCCO2)cc1. The van der Waals surface area contributed by atoms with Crippen LogP contribution in [-0.4, -0.2) is 38.2 Å². The lowest BCUT2D eigenvalue weighted by atomic mass is 10.1. The van der Waals surface area contributed by atoms with Gasteiger partial charge in [-0.3, -0.25) is 4.79 Å². The number of ether oxygens (including phenoxy) is 2. The number of nitrogens with one attached hydrogen (secondary N) is 1. The maximum absolute atomic E-state index is 12.1. The number of morpholine rings is 1. The second-order valence-corrected chi connectivity index (χ2v) is 3.89. The van der Waals surface area contributed by atoms with Crippen LogP contribution in [0.4, 0.5) is 0 Å². The first-order valence-electron chi connectivity index (χ1n) is 5.90. The van der Waals surface area contributed by atoms with Gasteiger partial charge in [0.05, 0.1) is 13.2 Å². The van der Waals surface area contributed by atoms with Gasteiger partial charge in [-0.05, 0) is 31.2 Å². The van der Waals surface area contributed by atoms with Crippen molar-refractivity contribution in [2.75, 3.05) is 26.3 Å². The van der Waals surface area contributed by atoms with Crippen LogP contribution < -0.4 is 10.1 Å². The van der Waals surface area contributed by atoms with Gasteiger partial charge in [0, 0.05) is 18.7 Å². The molecule has 1 aliphatic heterocycles. The van der Waals surface area contributed by atoms with Crippen molar-refractivity contribution in [3.63, 3.8) is 0 Å². The minimum Gasteiger partial charge on any atom is -0.494 e. The number of benzene rings is 1. The van der Waals surface area contributed by atoms with Gasteiger partial charge in [-0.2, -0.15) is 0 Å². The van der Waals surface area contributed by atoms with E-state index in [1.54, 1.807) is 12.1 Å². The average molecular weight is 235 g/mol. The Morgan fingerprint density at radius 2 is 2.24 bits per heavy atom. The van der Waals surface area contributed by atoms with E-state index >= 15 is 0 Å². The van der Waals surface area contributed by atoms with Gasteiger partial charge in [0.2, 0.25) is 0 Å². The first-order valence-corrected chi connectivity index (χ1v) is 5.90. The molecule has 0 aliphatic carbocycles. The van der Waals surface area contributed by atoms with Gasteiger partial charge in [-0.25, -0.2) is 0 Å². The van der Waals surface area contributed by atoms with Crippen LogP contribution in [0.1, 0.15) is 17.3 Å². The topological polar surface area (TPSA) is 47.6 Å². The van der Waals surface area contributed by atoms with E-state index in [1.165, 1.54) is 0 Å². The van der Waals surface area contributed by atoms with E-state index in [4.69, 9.17) is 9.47 Å². The van der Waals surface area contributed by atoms with Gasteiger partial charge in [0.15, 0.2) is 5.78 Å². The van der Waals surface area contributed by atoms with E-state index in [0.717, 1.165) is 12.3 Å². The van der Waals surface area contributed by atoms with Crippen LogP contribution in [0.3, 0.4) is 0 Å². The normalized spacial score (nSPS) is 19.9. The molecule has 1 aromatic rings. The molecule has 2 rings (SSSR count). The summed E-state index contributed by atoms with van der Waals surface area (Å²) in [6.07, 6.45) is -0.360. The Kier molecular flexibility index (Phi) is 4.12. The second kappa shape index (κ2) is 5.80. The van der Waals surface area contributed by atoms with Crippen LogP contribution in [-0.2, 0) is 4.74 Å². The molecule has 0 spiro atoms. The fourth-order valence-electron chi connectivity index (χ4n) is 1.80. The molecule has 17 heavy (non-hydrogen) atoms. The first-order chi connectivity index (χ1) is 8.31. The number of ketones is 1. The molecular weight excluding hydrogens is 218 g/mol. The minimum absolute atomic E-state index is 0.0280. The Labute approximate surface area is 101 Å². The predicted octanol–water partition coefficient (Wildman–Crippen LogP) is 1.26. The van der Waals surface area contributed by atoms with Crippen LogP contribution in [0.25, 0.3) is 0 Å². The first kappa shape index (κ1) is 12.1. The van der Waals surface area contributed by atoms with Crippen LogP contribution in [0.5, 0.6) is 5.75 Å². The molecule has 92 valence electrons. The summed E-state index contributed by atoms with van der Waals surface area (Å²) in [5.41, 5.74) is 0.669. The number of hydrogen-bond acceptors (Lipinski definition) is 4. The molecule has 1 atom stereocenters. The molecule has 0 aromatic heterocycles. The summed E-state index contributed by atoms with van der Waals surface area (Å²) >= 11 is 0. The molecule has 0 amide bonds. The fraction of sp³-hybridized carbons (Fsp3) is 0.462. The maximum atomic E-state index is 12.1. The Bertz CT molecular complexity index is 369. The lowest BCUT2D eigenvalue weighted by molar-refractivity contribution is 0.0269. The van der Waals surface area contributed by atoms with Crippen molar-refractivity contribution in [3.8, 4) is 5.75 Å². The van der Waals surface area contributed by atoms with E-state index in [1.807, 2.05) is 19.1 Å². The van der Waals surface area contributed by atoms with Crippen LogP contribution in [0.2, 0.25) is 0 Å². The lowest BCUT2D eigenvalue weighted by Gasteiger charge is -2.22. The predicted molar refractivity (Wildman–Crippen MR) is 64.6 cm³/mol. The van der Waals surface area contributed by atoms with Gasteiger partial charge < -0.3 is 14.8 Å². The summed E-state index contributed by atoms with van der Waals surface area (Å²) in [4.78, 5) is 12.1. The molecular formula is C13H17NO3. The molecule has 1 fully saturated rings. The molecule has 4 heteroatoms. The molecule has 1 saturated heterocycles. The summed E-state index contributed by atoms with van der Waals surface area (Å²) in [5, 5.41) is 3.15. The molecule has 0 saturated carbocycles. The van der Waals surface area contributed by atoms with E-state index in [-0.39, 0.29) is 11.9 Å². The van der Waals surface area contributed by atoms with Crippen molar-refractivity contribution >= 4 is 5.78 Å². The highest BCUT2D eigenvalue weighted by Gasteiger charge is 2.22. The largest absolute Gasteiger partial charge is 0.494 e. The van der Waals surface area contributed by atoms with E-state index in [2.05, 4.69) is 5.32 Å². The summed E-state index contributed by atoms with van der Waals surface area (Å²) in [6.45, 7) is 4.55. The molecule has 0 radical (unpaired) electrons. The Hall–Kier alpha value is -1.39. The molecule has 1 heterocycles. The van der Waals surface area contributed by atoms with Crippen LogP contribution >= 0.6 is 0 Å². The van der Waals surface area contributed by atoms with E-state index < -0.39 is 0 Å². The number of carbonyl (C=O) groups is 1. The van der Waals surface area contributed by atoms with Gasteiger partial charge in [0.1, 0.15) is 11.9 Å². The van der Waals surface area contributed by atoms with Crippen molar-refractivity contribution in [2.45, 2.75) is 13.0 Å². The number of hydrogen-bond donors (Lipinski definition) is 1. The molecule has 1 N–H and O–H groups in total. The Morgan fingerprint density at radius 1 is 1.47 bits per heavy atom. The molecule has 1 aromatic carbocycles. The van der Waals surface area contributed by atoms with Gasteiger partial charge in [-0.1, -0.05) is 0 Å². The third-order valence-corrected chi connectivity index (χ3v) is 2.67. The number of rotatable bonds is 4. The molecule has 1 aliphatic rings. The zero-order valence-electron chi connectivity index (χ0n) is 9.94. The average Bonchev–Trinajstić information content (AvgIpc) is 2.40. The van der Waals surface area contributed by atoms with Gasteiger partial charge >= 0.3 is 0 Å². The van der Waals surface area contributed by atoms with E-state index in [0.29, 0.717) is 25.3 Å². The molecule has 1 unspecified atom stereocenters. The van der Waals surface area contributed by atoms with Gasteiger partial charge in [0.25, 0.3) is 0 Å². The van der Waals surface area contributed by atoms with Crippen molar-refractivity contribution in [1.82, 2.24) is 5.32 Å². The summed E-state index contributed by atoms with van der Waals surface area (Å²) in [5.74, 6) is 0.812. The highest BCUT2D eigenvalue weighted by Crippen LogP contribution is 2.14. The van der Waals surface area contributed by atoms with Crippen LogP contribution in [0, 0.1) is 0 Å². The number of Topliss-reactive ketones (excluding diaryl/α,β-unsaturated/α-hetero) is 1. The van der Waals surface area contributed by atoms with Crippen LogP contribution in [0.15, 0.2) is 24.3 Å². The third-order valence-electron chi connectivity index (χ3n) is 2.67. The van der Waals surface area contributed by atoms with Crippen molar-refractivity contribution in [2.24, 2.45) is 0 Å². The van der Waals surface area contributed by atoms with E-state index in [9.17, 15) is 4.79 Å². The summed E-state index contributed by atoms with van der Waals surface area (Å²) < 4.78 is 10.8. The summed E-state index contributed by atoms with van der Waals surface area (Å²) in [7, 11) is 0. The summed E-state index contributed by atoms with van der Waals surface area (Å²) in [6, 6.07) is 7.19. The van der Waals surface area contributed by atoms with Gasteiger partial charge in [-0.15, -0.1) is 0 Å². The standard InChI is InChI=1S/C13H17NO3/c1-2-16-11-5-3-10(4-6-11)13(15)12-9-14-7-8-17-12/h3-6,12,14H,2,7-9H2,1H3. The molecule has 4 nitrogen and oxygen atoms in total. The second-order valence-electron chi connectivity index (χ2n) is 3.89. The minimum atomic E-state index is -0.360. The third kappa shape index (κ3) is 3.05. The van der Waals surface area contributed by atoms with Crippen molar-refractivity contribution < 1.29 is 14.3 Å². The fourth-order valence-corrected chi connectivity index (χ4v) is 1.80. The zero-order chi connectivity index (χ0) is 12.1. The smallest absolute Gasteiger partial charge is 0.192 e. The lowest BCUT2D eigenvalue weighted by Crippen LogP contribution is -2.43. The quantitative estimate of drug-likeness (QED) is 0.798. The number of carbonyl (C=O) groups excluding carboxylic acids is 1. The molecule has 0 bridgehead atoms. The monoisotopic (exact) mass is 235 g/mol. The highest BCUT2D eigenvalue weighted by molar-refractivity contribution is 5.99. The van der Waals surface area contributed by atoms with Crippen molar-refractivity contribution in [3.05, 3.63) is 29.8 Å².